The van der Waals surface area contributed by atoms with E-state index in [4.69, 9.17) is 0 Å². The number of hydrogen-bond acceptors (Lipinski definition) is 2. The highest BCUT2D eigenvalue weighted by Gasteiger charge is 2.42. The van der Waals surface area contributed by atoms with Crippen LogP contribution in [0.4, 0.5) is 0 Å². The van der Waals surface area contributed by atoms with Gasteiger partial charge in [-0.1, -0.05) is 36.8 Å². The molecule has 0 aliphatic carbocycles. The maximum atomic E-state index is 3.56. The van der Waals surface area contributed by atoms with Gasteiger partial charge in [0.05, 0.1) is 0 Å². The SMILES string of the molecule is CCC1C2CNCC2CN1Cc1cccc(C)c1. The van der Waals surface area contributed by atoms with Crippen LogP contribution in [0.3, 0.4) is 0 Å². The molecule has 0 aromatic heterocycles. The second kappa shape index (κ2) is 5.02. The third-order valence-corrected chi connectivity index (χ3v) is 4.71. The lowest BCUT2D eigenvalue weighted by Crippen LogP contribution is -2.34. The average molecular weight is 244 g/mol. The van der Waals surface area contributed by atoms with E-state index in [-0.39, 0.29) is 0 Å². The summed E-state index contributed by atoms with van der Waals surface area (Å²) in [6.45, 7) is 9.40. The molecule has 1 aromatic rings. The molecule has 0 saturated carbocycles. The Labute approximate surface area is 110 Å². The Hall–Kier alpha value is -0.860. The molecule has 2 nitrogen and oxygen atoms in total. The molecule has 18 heavy (non-hydrogen) atoms. The van der Waals surface area contributed by atoms with Crippen molar-refractivity contribution in [2.75, 3.05) is 19.6 Å². The van der Waals surface area contributed by atoms with Crippen LogP contribution in [0.15, 0.2) is 24.3 Å². The van der Waals surface area contributed by atoms with Gasteiger partial charge in [-0.2, -0.15) is 0 Å². The fourth-order valence-electron chi connectivity index (χ4n) is 3.90. The van der Waals surface area contributed by atoms with Crippen LogP contribution in [-0.2, 0) is 6.54 Å². The zero-order valence-electron chi connectivity index (χ0n) is 11.5. The molecule has 0 amide bonds. The Morgan fingerprint density at radius 1 is 1.33 bits per heavy atom. The molecule has 0 bridgehead atoms. The Balaban J connectivity index is 1.73. The predicted octanol–water partition coefficient (Wildman–Crippen LogP) is 2.42. The first-order chi connectivity index (χ1) is 8.78. The first-order valence-corrected chi connectivity index (χ1v) is 7.28. The van der Waals surface area contributed by atoms with Crippen molar-refractivity contribution in [3.05, 3.63) is 35.4 Å². The van der Waals surface area contributed by atoms with Gasteiger partial charge in [0.15, 0.2) is 0 Å². The normalized spacial score (nSPS) is 31.8. The Morgan fingerprint density at radius 3 is 3.00 bits per heavy atom. The third kappa shape index (κ3) is 2.19. The Kier molecular flexibility index (Phi) is 3.40. The molecule has 1 aromatic carbocycles. The van der Waals surface area contributed by atoms with Crippen LogP contribution in [0.2, 0.25) is 0 Å². The van der Waals surface area contributed by atoms with E-state index in [1.165, 1.54) is 37.2 Å². The van der Waals surface area contributed by atoms with Gasteiger partial charge in [0, 0.05) is 19.1 Å². The van der Waals surface area contributed by atoms with Gasteiger partial charge in [-0.3, -0.25) is 4.90 Å². The number of nitrogens with zero attached hydrogens (tertiary/aromatic N) is 1. The fraction of sp³-hybridized carbons (Fsp3) is 0.625. The minimum atomic E-state index is 0.783. The van der Waals surface area contributed by atoms with Crippen LogP contribution < -0.4 is 5.32 Å². The molecule has 3 unspecified atom stereocenters. The monoisotopic (exact) mass is 244 g/mol. The molecule has 0 radical (unpaired) electrons. The van der Waals surface area contributed by atoms with E-state index in [0.29, 0.717) is 0 Å². The van der Waals surface area contributed by atoms with Crippen LogP contribution in [0.25, 0.3) is 0 Å². The van der Waals surface area contributed by atoms with Crippen LogP contribution in [-0.4, -0.2) is 30.6 Å². The summed E-state index contributed by atoms with van der Waals surface area (Å²) < 4.78 is 0. The summed E-state index contributed by atoms with van der Waals surface area (Å²) in [5.74, 6) is 1.78. The summed E-state index contributed by atoms with van der Waals surface area (Å²) in [4.78, 5) is 2.71. The Bertz CT molecular complexity index is 415. The highest BCUT2D eigenvalue weighted by molar-refractivity contribution is 5.22. The zero-order chi connectivity index (χ0) is 12.5. The summed E-state index contributed by atoms with van der Waals surface area (Å²) in [6.07, 6.45) is 1.29. The smallest absolute Gasteiger partial charge is 0.0237 e. The minimum Gasteiger partial charge on any atom is -0.316 e. The predicted molar refractivity (Wildman–Crippen MR) is 75.5 cm³/mol. The van der Waals surface area contributed by atoms with Crippen molar-refractivity contribution in [2.24, 2.45) is 11.8 Å². The quantitative estimate of drug-likeness (QED) is 0.878. The molecular weight excluding hydrogens is 220 g/mol. The summed E-state index contributed by atoms with van der Waals surface area (Å²) in [6, 6.07) is 9.75. The molecular formula is C16H24N2. The number of benzene rings is 1. The molecule has 2 saturated heterocycles. The minimum absolute atomic E-state index is 0.783. The van der Waals surface area contributed by atoms with Crippen LogP contribution in [0.1, 0.15) is 24.5 Å². The van der Waals surface area contributed by atoms with Crippen LogP contribution >= 0.6 is 0 Å². The second-order valence-corrected chi connectivity index (χ2v) is 5.98. The number of hydrogen-bond donors (Lipinski definition) is 1. The molecule has 0 spiro atoms. The van der Waals surface area contributed by atoms with Crippen molar-refractivity contribution >= 4 is 0 Å². The van der Waals surface area contributed by atoms with E-state index in [9.17, 15) is 0 Å². The number of fused-ring (bicyclic) bond motifs is 1. The van der Waals surface area contributed by atoms with Gasteiger partial charge in [-0.05, 0) is 43.8 Å². The highest BCUT2D eigenvalue weighted by atomic mass is 15.2. The van der Waals surface area contributed by atoms with Gasteiger partial charge in [0.2, 0.25) is 0 Å². The number of likely N-dealkylation sites (tertiary alicyclic amines) is 1. The molecule has 2 heteroatoms. The van der Waals surface area contributed by atoms with E-state index < -0.39 is 0 Å². The molecule has 1 N–H and O–H groups in total. The largest absolute Gasteiger partial charge is 0.316 e. The van der Waals surface area contributed by atoms with Crippen molar-refractivity contribution in [1.29, 1.82) is 0 Å². The summed E-state index contributed by atoms with van der Waals surface area (Å²) >= 11 is 0. The van der Waals surface area contributed by atoms with Gasteiger partial charge in [-0.25, -0.2) is 0 Å². The van der Waals surface area contributed by atoms with Crippen LogP contribution in [0, 0.1) is 18.8 Å². The van der Waals surface area contributed by atoms with Gasteiger partial charge >= 0.3 is 0 Å². The standard InChI is InChI=1S/C16H24N2/c1-3-16-15-9-17-8-14(15)11-18(16)10-13-6-4-5-12(2)7-13/h4-7,14-17H,3,8-11H2,1-2H3. The summed E-state index contributed by atoms with van der Waals surface area (Å²) in [5, 5.41) is 3.56. The third-order valence-electron chi connectivity index (χ3n) is 4.71. The lowest BCUT2D eigenvalue weighted by atomic mass is 9.93. The summed E-state index contributed by atoms with van der Waals surface area (Å²) in [5.41, 5.74) is 2.85. The van der Waals surface area contributed by atoms with Crippen LogP contribution in [0.5, 0.6) is 0 Å². The second-order valence-electron chi connectivity index (χ2n) is 5.98. The van der Waals surface area contributed by atoms with E-state index in [0.717, 1.165) is 24.4 Å². The Morgan fingerprint density at radius 2 is 2.22 bits per heavy atom. The molecule has 2 fully saturated rings. The molecule has 98 valence electrons. The van der Waals surface area contributed by atoms with E-state index in [1.54, 1.807) is 0 Å². The topological polar surface area (TPSA) is 15.3 Å². The van der Waals surface area contributed by atoms with Gasteiger partial charge in [0.1, 0.15) is 0 Å². The van der Waals surface area contributed by atoms with Crippen molar-refractivity contribution in [3.8, 4) is 0 Å². The number of rotatable bonds is 3. The molecule has 3 rings (SSSR count). The first kappa shape index (κ1) is 12.2. The lowest BCUT2D eigenvalue weighted by Gasteiger charge is -2.26. The van der Waals surface area contributed by atoms with Crippen molar-refractivity contribution in [3.63, 3.8) is 0 Å². The maximum absolute atomic E-state index is 3.56. The maximum Gasteiger partial charge on any atom is 0.0237 e. The summed E-state index contributed by atoms with van der Waals surface area (Å²) in [7, 11) is 0. The molecule has 2 aliphatic heterocycles. The first-order valence-electron chi connectivity index (χ1n) is 7.28. The van der Waals surface area contributed by atoms with Gasteiger partial charge in [-0.15, -0.1) is 0 Å². The molecule has 2 aliphatic rings. The number of nitrogens with one attached hydrogen (secondary N) is 1. The van der Waals surface area contributed by atoms with E-state index in [1.807, 2.05) is 0 Å². The van der Waals surface area contributed by atoms with Crippen molar-refractivity contribution in [2.45, 2.75) is 32.9 Å². The van der Waals surface area contributed by atoms with E-state index >= 15 is 0 Å². The fourth-order valence-corrected chi connectivity index (χ4v) is 3.90. The van der Waals surface area contributed by atoms with Crippen molar-refractivity contribution < 1.29 is 0 Å². The van der Waals surface area contributed by atoms with Crippen molar-refractivity contribution in [1.82, 2.24) is 10.2 Å². The lowest BCUT2D eigenvalue weighted by molar-refractivity contribution is 0.210. The molecule has 2 heterocycles. The zero-order valence-corrected chi connectivity index (χ0v) is 11.5. The average Bonchev–Trinajstić information content (AvgIpc) is 2.89. The van der Waals surface area contributed by atoms with Gasteiger partial charge in [0.25, 0.3) is 0 Å². The van der Waals surface area contributed by atoms with Gasteiger partial charge < -0.3 is 5.32 Å². The number of aryl methyl sites for hydroxylation is 1. The van der Waals surface area contributed by atoms with E-state index in [2.05, 4.69) is 48.3 Å². The highest BCUT2D eigenvalue weighted by Crippen LogP contribution is 2.35. The molecule has 3 atom stereocenters.